The van der Waals surface area contributed by atoms with Gasteiger partial charge in [-0.25, -0.2) is 0 Å². The van der Waals surface area contributed by atoms with Gasteiger partial charge in [0.1, 0.15) is 0 Å². The second-order valence-corrected chi connectivity index (χ2v) is 5.30. The molecule has 2 N–H and O–H groups in total. The Balaban J connectivity index is 1.53. The highest BCUT2D eigenvalue weighted by Crippen LogP contribution is 2.11. The molecule has 1 aliphatic heterocycles. The maximum Gasteiger partial charge on any atom is 0.227 e. The summed E-state index contributed by atoms with van der Waals surface area (Å²) in [6.07, 6.45) is 8.12. The fourth-order valence-electron chi connectivity index (χ4n) is 2.54. The van der Waals surface area contributed by atoms with Crippen molar-refractivity contribution >= 4 is 11.7 Å². The van der Waals surface area contributed by atoms with E-state index < -0.39 is 0 Å². The van der Waals surface area contributed by atoms with Gasteiger partial charge < -0.3 is 10.6 Å². The fourth-order valence-corrected chi connectivity index (χ4v) is 2.54. The fraction of sp³-hybridized carbons (Fsp3) is 0.400. The largest absolute Gasteiger partial charge is 0.313 e. The minimum Gasteiger partial charge on any atom is -0.313 e. The van der Waals surface area contributed by atoms with Crippen molar-refractivity contribution in [2.24, 2.45) is 0 Å². The summed E-state index contributed by atoms with van der Waals surface area (Å²) in [7, 11) is 0. The van der Waals surface area contributed by atoms with Crippen molar-refractivity contribution in [3.63, 3.8) is 0 Å². The standard InChI is InChI=1S/C15H19N5O/c21-15(10-13-2-1-6-17-13)18-14-5-9-20(19-14)11-12-3-7-16-8-4-12/h3-5,7-9,13,17H,1-2,6,10-11H2,(H,18,19,21). The second kappa shape index (κ2) is 6.49. The summed E-state index contributed by atoms with van der Waals surface area (Å²) in [6.45, 7) is 1.68. The van der Waals surface area contributed by atoms with E-state index in [1.165, 1.54) is 0 Å². The van der Waals surface area contributed by atoms with E-state index in [0.29, 0.717) is 24.8 Å². The molecule has 0 saturated carbocycles. The molecule has 1 saturated heterocycles. The van der Waals surface area contributed by atoms with E-state index in [1.54, 1.807) is 17.1 Å². The van der Waals surface area contributed by atoms with E-state index in [4.69, 9.17) is 0 Å². The van der Waals surface area contributed by atoms with Gasteiger partial charge in [0.25, 0.3) is 0 Å². The molecule has 2 aromatic rings. The highest BCUT2D eigenvalue weighted by molar-refractivity contribution is 5.90. The van der Waals surface area contributed by atoms with Crippen LogP contribution in [-0.4, -0.2) is 33.3 Å². The number of nitrogens with one attached hydrogen (secondary N) is 2. The summed E-state index contributed by atoms with van der Waals surface area (Å²) in [5.41, 5.74) is 1.13. The molecule has 6 heteroatoms. The molecular formula is C15H19N5O. The van der Waals surface area contributed by atoms with Crippen LogP contribution >= 0.6 is 0 Å². The molecule has 0 aliphatic carbocycles. The number of nitrogens with zero attached hydrogens (tertiary/aromatic N) is 3. The lowest BCUT2D eigenvalue weighted by molar-refractivity contribution is -0.116. The van der Waals surface area contributed by atoms with Crippen LogP contribution in [0.5, 0.6) is 0 Å². The van der Waals surface area contributed by atoms with Crippen LogP contribution in [0.15, 0.2) is 36.8 Å². The number of pyridine rings is 1. The Kier molecular flexibility index (Phi) is 4.25. The Labute approximate surface area is 123 Å². The Morgan fingerprint density at radius 1 is 1.38 bits per heavy atom. The number of aromatic nitrogens is 3. The smallest absolute Gasteiger partial charge is 0.227 e. The summed E-state index contributed by atoms with van der Waals surface area (Å²) >= 11 is 0. The van der Waals surface area contributed by atoms with Crippen LogP contribution in [-0.2, 0) is 11.3 Å². The van der Waals surface area contributed by atoms with Gasteiger partial charge in [0.2, 0.25) is 5.91 Å². The highest BCUT2D eigenvalue weighted by Gasteiger charge is 2.18. The SMILES string of the molecule is O=C(CC1CCCN1)Nc1ccn(Cc2ccncc2)n1. The van der Waals surface area contributed by atoms with Crippen LogP contribution in [0.4, 0.5) is 5.82 Å². The third kappa shape index (κ3) is 3.88. The number of carbonyl (C=O) groups excluding carboxylic acids is 1. The Morgan fingerprint density at radius 2 is 2.24 bits per heavy atom. The van der Waals surface area contributed by atoms with Gasteiger partial charge in [0.05, 0.1) is 6.54 Å². The summed E-state index contributed by atoms with van der Waals surface area (Å²) in [6, 6.07) is 6.03. The Morgan fingerprint density at radius 3 is 3.00 bits per heavy atom. The van der Waals surface area contributed by atoms with Gasteiger partial charge in [-0.1, -0.05) is 0 Å². The van der Waals surface area contributed by atoms with Crippen molar-refractivity contribution in [3.05, 3.63) is 42.4 Å². The second-order valence-electron chi connectivity index (χ2n) is 5.30. The maximum atomic E-state index is 11.9. The quantitative estimate of drug-likeness (QED) is 0.871. The first-order valence-corrected chi connectivity index (χ1v) is 7.25. The first-order valence-electron chi connectivity index (χ1n) is 7.25. The Bertz CT molecular complexity index is 589. The predicted octanol–water partition coefficient (Wildman–Crippen LogP) is 1.41. The van der Waals surface area contributed by atoms with Crippen molar-refractivity contribution in [2.45, 2.75) is 31.8 Å². The topological polar surface area (TPSA) is 71.8 Å². The molecule has 1 fully saturated rings. The molecule has 3 heterocycles. The lowest BCUT2D eigenvalue weighted by atomic mass is 10.1. The van der Waals surface area contributed by atoms with E-state index in [2.05, 4.69) is 20.7 Å². The summed E-state index contributed by atoms with van der Waals surface area (Å²) in [5, 5.41) is 10.5. The van der Waals surface area contributed by atoms with Gasteiger partial charge in [-0.15, -0.1) is 0 Å². The first kappa shape index (κ1) is 13.8. The number of hydrogen-bond donors (Lipinski definition) is 2. The molecule has 1 amide bonds. The number of hydrogen-bond acceptors (Lipinski definition) is 4. The average molecular weight is 285 g/mol. The van der Waals surface area contributed by atoms with Crippen molar-refractivity contribution in [1.29, 1.82) is 0 Å². The van der Waals surface area contributed by atoms with Crippen molar-refractivity contribution in [3.8, 4) is 0 Å². The highest BCUT2D eigenvalue weighted by atomic mass is 16.1. The predicted molar refractivity (Wildman–Crippen MR) is 79.8 cm³/mol. The lowest BCUT2D eigenvalue weighted by Gasteiger charge is -2.08. The molecular weight excluding hydrogens is 266 g/mol. The molecule has 21 heavy (non-hydrogen) atoms. The van der Waals surface area contributed by atoms with Gasteiger partial charge in [0, 0.05) is 37.1 Å². The van der Waals surface area contributed by atoms with Crippen LogP contribution < -0.4 is 10.6 Å². The van der Waals surface area contributed by atoms with E-state index >= 15 is 0 Å². The molecule has 0 spiro atoms. The number of rotatable bonds is 5. The van der Waals surface area contributed by atoms with Gasteiger partial charge >= 0.3 is 0 Å². The minimum absolute atomic E-state index is 0.0172. The number of carbonyl (C=O) groups is 1. The van der Waals surface area contributed by atoms with Crippen LogP contribution in [0.2, 0.25) is 0 Å². The molecule has 6 nitrogen and oxygen atoms in total. The molecule has 110 valence electrons. The van der Waals surface area contributed by atoms with Gasteiger partial charge in [-0.3, -0.25) is 14.5 Å². The Hall–Kier alpha value is -2.21. The molecule has 2 aromatic heterocycles. The zero-order chi connectivity index (χ0) is 14.5. The van der Waals surface area contributed by atoms with E-state index in [0.717, 1.165) is 24.9 Å². The molecule has 1 aliphatic rings. The van der Waals surface area contributed by atoms with E-state index in [1.807, 2.05) is 24.4 Å². The normalized spacial score (nSPS) is 17.8. The monoisotopic (exact) mass is 285 g/mol. The van der Waals surface area contributed by atoms with Crippen molar-refractivity contribution < 1.29 is 4.79 Å². The van der Waals surface area contributed by atoms with Crippen LogP contribution in [0, 0.1) is 0 Å². The molecule has 1 unspecified atom stereocenters. The van der Waals surface area contributed by atoms with Crippen LogP contribution in [0.3, 0.4) is 0 Å². The molecule has 0 bridgehead atoms. The van der Waals surface area contributed by atoms with Crippen LogP contribution in [0.1, 0.15) is 24.8 Å². The minimum atomic E-state index is 0.0172. The van der Waals surface area contributed by atoms with Crippen molar-refractivity contribution in [1.82, 2.24) is 20.1 Å². The first-order chi connectivity index (χ1) is 10.3. The zero-order valence-electron chi connectivity index (χ0n) is 11.8. The van der Waals surface area contributed by atoms with Gasteiger partial charge in [0.15, 0.2) is 5.82 Å². The van der Waals surface area contributed by atoms with Crippen molar-refractivity contribution in [2.75, 3.05) is 11.9 Å². The van der Waals surface area contributed by atoms with Crippen LogP contribution in [0.25, 0.3) is 0 Å². The third-order valence-electron chi connectivity index (χ3n) is 3.60. The van der Waals surface area contributed by atoms with Gasteiger partial charge in [-0.2, -0.15) is 5.10 Å². The average Bonchev–Trinajstić information content (AvgIpc) is 3.12. The van der Waals surface area contributed by atoms with Gasteiger partial charge in [-0.05, 0) is 37.1 Å². The number of amides is 1. The van der Waals surface area contributed by atoms with E-state index in [-0.39, 0.29) is 5.91 Å². The molecule has 3 rings (SSSR count). The van der Waals surface area contributed by atoms with E-state index in [9.17, 15) is 4.79 Å². The lowest BCUT2D eigenvalue weighted by Crippen LogP contribution is -2.27. The zero-order valence-corrected chi connectivity index (χ0v) is 11.8. The third-order valence-corrected chi connectivity index (χ3v) is 3.60. The summed E-state index contributed by atoms with van der Waals surface area (Å²) < 4.78 is 1.80. The molecule has 0 radical (unpaired) electrons. The maximum absolute atomic E-state index is 11.9. The molecule has 1 atom stereocenters. The summed E-state index contributed by atoms with van der Waals surface area (Å²) in [4.78, 5) is 15.9. The summed E-state index contributed by atoms with van der Waals surface area (Å²) in [5.74, 6) is 0.621. The molecule has 0 aromatic carbocycles. The number of anilines is 1.